The van der Waals surface area contributed by atoms with Crippen molar-refractivity contribution in [3.8, 4) is 5.88 Å². The second-order valence-corrected chi connectivity index (χ2v) is 4.48. The molecule has 0 spiro atoms. The average Bonchev–Trinajstić information content (AvgIpc) is 2.29. The van der Waals surface area contributed by atoms with Gasteiger partial charge in [0.25, 0.3) is 0 Å². The Balaban J connectivity index is 2.62. The molecule has 4 heteroatoms. The fourth-order valence-corrected chi connectivity index (χ4v) is 1.40. The lowest BCUT2D eigenvalue weighted by Gasteiger charge is -2.11. The van der Waals surface area contributed by atoms with E-state index in [0.29, 0.717) is 23.6 Å². The van der Waals surface area contributed by atoms with E-state index in [-0.39, 0.29) is 0 Å². The van der Waals surface area contributed by atoms with Crippen LogP contribution >= 0.6 is 11.6 Å². The number of pyridine rings is 1. The van der Waals surface area contributed by atoms with E-state index in [2.05, 4.69) is 30.7 Å². The number of hydrogen-bond acceptors (Lipinski definition) is 3. The molecule has 0 aliphatic rings. The predicted molar refractivity (Wildman–Crippen MR) is 71.5 cm³/mol. The van der Waals surface area contributed by atoms with Gasteiger partial charge in [0.1, 0.15) is 0 Å². The fourth-order valence-electron chi connectivity index (χ4n) is 1.23. The first kappa shape index (κ1) is 14.0. The predicted octanol–water partition coefficient (Wildman–Crippen LogP) is 3.19. The molecule has 0 saturated heterocycles. The maximum Gasteiger partial charge on any atom is 0.213 e. The lowest BCUT2D eigenvalue weighted by atomic mass is 10.2. The average molecular weight is 255 g/mol. The Labute approximate surface area is 108 Å². The van der Waals surface area contributed by atoms with Gasteiger partial charge < -0.3 is 10.1 Å². The van der Waals surface area contributed by atoms with Crippen LogP contribution in [0.5, 0.6) is 5.88 Å². The number of nitrogens with one attached hydrogen (secondary N) is 1. The van der Waals surface area contributed by atoms with Crippen LogP contribution in [0.25, 0.3) is 0 Å². The van der Waals surface area contributed by atoms with Gasteiger partial charge in [0.15, 0.2) is 0 Å². The quantitative estimate of drug-likeness (QED) is 0.599. The normalized spacial score (nSPS) is 10.6. The summed E-state index contributed by atoms with van der Waals surface area (Å²) in [5.74, 6) is 0.608. The number of halogens is 1. The Morgan fingerprint density at radius 3 is 3.00 bits per heavy atom. The largest absolute Gasteiger partial charge is 0.477 e. The van der Waals surface area contributed by atoms with E-state index in [9.17, 15) is 0 Å². The highest BCUT2D eigenvalue weighted by Gasteiger charge is 2.04. The van der Waals surface area contributed by atoms with Crippen LogP contribution in [0.4, 0.5) is 0 Å². The van der Waals surface area contributed by atoms with Crippen LogP contribution in [0.3, 0.4) is 0 Å². The molecule has 1 aromatic rings. The second kappa shape index (κ2) is 7.30. The van der Waals surface area contributed by atoms with Gasteiger partial charge in [-0.3, -0.25) is 0 Å². The molecule has 17 heavy (non-hydrogen) atoms. The van der Waals surface area contributed by atoms with Crippen LogP contribution in [0, 0.1) is 0 Å². The third kappa shape index (κ3) is 5.20. The number of ether oxygens (including phenoxy) is 1. The Bertz CT molecular complexity index is 366. The second-order valence-electron chi connectivity index (χ2n) is 4.08. The first-order valence-electron chi connectivity index (χ1n) is 5.75. The number of rotatable bonds is 7. The van der Waals surface area contributed by atoms with Gasteiger partial charge in [-0.1, -0.05) is 31.5 Å². The summed E-state index contributed by atoms with van der Waals surface area (Å²) in [5.41, 5.74) is 1.00. The summed E-state index contributed by atoms with van der Waals surface area (Å²) in [6, 6.07) is 2.30. The van der Waals surface area contributed by atoms with Gasteiger partial charge >= 0.3 is 0 Å². The van der Waals surface area contributed by atoms with Crippen LogP contribution in [0.1, 0.15) is 25.8 Å². The molecule has 0 unspecified atom stereocenters. The van der Waals surface area contributed by atoms with Crippen LogP contribution in [0.15, 0.2) is 24.9 Å². The van der Waals surface area contributed by atoms with Crippen LogP contribution in [0.2, 0.25) is 5.02 Å². The molecule has 1 heterocycles. The van der Waals surface area contributed by atoms with Crippen molar-refractivity contribution in [1.29, 1.82) is 0 Å². The smallest absolute Gasteiger partial charge is 0.213 e. The molecule has 0 aromatic carbocycles. The molecule has 0 radical (unpaired) electrons. The summed E-state index contributed by atoms with van der Waals surface area (Å²) >= 11 is 6.07. The summed E-state index contributed by atoms with van der Waals surface area (Å²) < 4.78 is 5.48. The summed E-state index contributed by atoms with van der Waals surface area (Å²) in [6.45, 7) is 9.14. The van der Waals surface area contributed by atoms with Crippen molar-refractivity contribution in [2.75, 3.05) is 6.61 Å². The van der Waals surface area contributed by atoms with Gasteiger partial charge in [0.2, 0.25) is 5.88 Å². The van der Waals surface area contributed by atoms with Gasteiger partial charge in [0.05, 0.1) is 11.6 Å². The molecule has 1 N–H and O–H groups in total. The van der Waals surface area contributed by atoms with Crippen LogP contribution in [-0.4, -0.2) is 17.6 Å². The Kier molecular flexibility index (Phi) is 6.01. The topological polar surface area (TPSA) is 34.1 Å². The third-order valence-electron chi connectivity index (χ3n) is 2.18. The highest BCUT2D eigenvalue weighted by molar-refractivity contribution is 6.31. The van der Waals surface area contributed by atoms with Crippen LogP contribution in [-0.2, 0) is 6.54 Å². The highest BCUT2D eigenvalue weighted by Crippen LogP contribution is 2.19. The molecule has 0 saturated carbocycles. The van der Waals surface area contributed by atoms with Crippen molar-refractivity contribution in [3.63, 3.8) is 0 Å². The zero-order chi connectivity index (χ0) is 12.7. The third-order valence-corrected chi connectivity index (χ3v) is 2.52. The van der Waals surface area contributed by atoms with E-state index in [1.165, 1.54) is 0 Å². The molecule has 1 aromatic heterocycles. The zero-order valence-corrected chi connectivity index (χ0v) is 11.1. The van der Waals surface area contributed by atoms with Crippen molar-refractivity contribution in [3.05, 3.63) is 35.5 Å². The van der Waals surface area contributed by atoms with Crippen molar-refractivity contribution in [2.45, 2.75) is 32.9 Å². The van der Waals surface area contributed by atoms with E-state index >= 15 is 0 Å². The lowest BCUT2D eigenvalue weighted by molar-refractivity contribution is 0.312. The monoisotopic (exact) mass is 254 g/mol. The van der Waals surface area contributed by atoms with Crippen molar-refractivity contribution < 1.29 is 4.74 Å². The Hall–Kier alpha value is -1.06. The van der Waals surface area contributed by atoms with Crippen LogP contribution < -0.4 is 10.1 Å². The molecule has 0 atom stereocenters. The van der Waals surface area contributed by atoms with E-state index < -0.39 is 0 Å². The number of hydrogen-bond donors (Lipinski definition) is 1. The van der Waals surface area contributed by atoms with Gasteiger partial charge in [-0.2, -0.15) is 0 Å². The van der Waals surface area contributed by atoms with Crippen molar-refractivity contribution >= 4 is 11.6 Å². The maximum atomic E-state index is 6.07. The minimum atomic E-state index is 0.421. The summed E-state index contributed by atoms with van der Waals surface area (Å²) in [7, 11) is 0. The SMILES string of the molecule is C=CCCOc1cc(CNC(C)C)c(Cl)cn1. The molecular weight excluding hydrogens is 236 g/mol. The highest BCUT2D eigenvalue weighted by atomic mass is 35.5. The molecule has 1 rings (SSSR count). The number of aromatic nitrogens is 1. The van der Waals surface area contributed by atoms with Crippen molar-refractivity contribution in [1.82, 2.24) is 10.3 Å². The van der Waals surface area contributed by atoms with Crippen molar-refractivity contribution in [2.24, 2.45) is 0 Å². The minimum absolute atomic E-state index is 0.421. The number of nitrogens with zero attached hydrogens (tertiary/aromatic N) is 1. The molecule has 0 aliphatic carbocycles. The molecule has 3 nitrogen and oxygen atoms in total. The lowest BCUT2D eigenvalue weighted by Crippen LogP contribution is -2.22. The molecule has 94 valence electrons. The van der Waals surface area contributed by atoms with E-state index in [1.54, 1.807) is 6.20 Å². The minimum Gasteiger partial charge on any atom is -0.477 e. The summed E-state index contributed by atoms with van der Waals surface area (Å²) in [5, 5.41) is 3.97. The summed E-state index contributed by atoms with van der Waals surface area (Å²) in [6.07, 6.45) is 4.25. The summed E-state index contributed by atoms with van der Waals surface area (Å²) in [4.78, 5) is 4.12. The molecule has 0 aliphatic heterocycles. The van der Waals surface area contributed by atoms with E-state index in [1.807, 2.05) is 12.1 Å². The molecule has 0 bridgehead atoms. The van der Waals surface area contributed by atoms with E-state index in [4.69, 9.17) is 16.3 Å². The van der Waals surface area contributed by atoms with Gasteiger partial charge in [-0.25, -0.2) is 4.98 Å². The maximum absolute atomic E-state index is 6.07. The Morgan fingerprint density at radius 2 is 2.35 bits per heavy atom. The van der Waals surface area contributed by atoms with Gasteiger partial charge in [-0.05, 0) is 12.0 Å². The van der Waals surface area contributed by atoms with E-state index in [0.717, 1.165) is 18.5 Å². The molecule has 0 fully saturated rings. The van der Waals surface area contributed by atoms with Gasteiger partial charge in [-0.15, -0.1) is 6.58 Å². The fraction of sp³-hybridized carbons (Fsp3) is 0.462. The van der Waals surface area contributed by atoms with Gasteiger partial charge in [0, 0.05) is 24.8 Å². The molecule has 0 amide bonds. The first-order valence-corrected chi connectivity index (χ1v) is 6.12. The Morgan fingerprint density at radius 1 is 1.59 bits per heavy atom. The zero-order valence-electron chi connectivity index (χ0n) is 10.4. The molecular formula is C13H19ClN2O. The first-order chi connectivity index (χ1) is 8.13. The standard InChI is InChI=1S/C13H19ClN2O/c1-4-5-6-17-13-7-11(8-15-10(2)3)12(14)9-16-13/h4,7,9-10,15H,1,5-6,8H2,2-3H3.